The van der Waals surface area contributed by atoms with Crippen molar-refractivity contribution in [3.8, 4) is 0 Å². The number of rotatable bonds is 19. The van der Waals surface area contributed by atoms with E-state index >= 15 is 0 Å². The van der Waals surface area contributed by atoms with Crippen molar-refractivity contribution in [2.24, 2.45) is 0 Å². The molecule has 0 atom stereocenters. The average Bonchev–Trinajstić information content (AvgIpc) is 2.95. The van der Waals surface area contributed by atoms with Crippen molar-refractivity contribution in [2.75, 3.05) is 64.1 Å². The molecule has 254 valence electrons. The van der Waals surface area contributed by atoms with Crippen LogP contribution in [-0.2, 0) is 28.8 Å². The summed E-state index contributed by atoms with van der Waals surface area (Å²) in [4.78, 5) is 27.0. The van der Waals surface area contributed by atoms with Crippen LogP contribution < -0.4 is 0 Å². The van der Waals surface area contributed by atoms with E-state index in [4.69, 9.17) is 14.2 Å². The van der Waals surface area contributed by atoms with Crippen molar-refractivity contribution in [2.45, 2.75) is 136 Å². The van der Waals surface area contributed by atoms with E-state index in [1.165, 1.54) is 88.4 Å². The molecule has 2 rings (SSSR count). The zero-order valence-electron chi connectivity index (χ0n) is 28.0. The zero-order valence-corrected chi connectivity index (χ0v) is 28.9. The third-order valence-corrected chi connectivity index (χ3v) is 9.36. The van der Waals surface area contributed by atoms with Gasteiger partial charge in [-0.15, -0.1) is 0 Å². The number of esters is 1. The van der Waals surface area contributed by atoms with E-state index < -0.39 is 21.5 Å². The van der Waals surface area contributed by atoms with Gasteiger partial charge in [-0.05, 0) is 27.2 Å². The topological polar surface area (TPSA) is 102 Å². The molecule has 0 saturated carbocycles. The maximum absolute atomic E-state index is 11.8. The molecule has 0 N–H and O–H groups in total. The Morgan fingerprint density at radius 2 is 1.19 bits per heavy atom. The normalized spacial score (nSPS) is 17.2. The summed E-state index contributed by atoms with van der Waals surface area (Å²) >= 11 is 0. The molecule has 0 aromatic heterocycles. The second-order valence-corrected chi connectivity index (χ2v) is 15.3. The van der Waals surface area contributed by atoms with E-state index in [0.29, 0.717) is 13.0 Å². The van der Waals surface area contributed by atoms with E-state index in [2.05, 4.69) is 11.8 Å². The molecule has 0 aromatic carbocycles. The second-order valence-electron chi connectivity index (χ2n) is 13.0. The van der Waals surface area contributed by atoms with Crippen LogP contribution in [0.5, 0.6) is 0 Å². The highest BCUT2D eigenvalue weighted by Crippen LogP contribution is 2.14. The number of hydrogen-bond donors (Lipinski definition) is 0. The van der Waals surface area contributed by atoms with Crippen molar-refractivity contribution >= 4 is 21.9 Å². The van der Waals surface area contributed by atoms with Crippen LogP contribution in [0.25, 0.3) is 0 Å². The lowest BCUT2D eigenvalue weighted by Gasteiger charge is -2.29. The molecule has 9 nitrogen and oxygen atoms in total. The minimum atomic E-state index is -2.94. The number of hydrogen-bond acceptors (Lipinski definition) is 8. The van der Waals surface area contributed by atoms with Crippen molar-refractivity contribution in [1.82, 2.24) is 9.80 Å². The average molecular weight is 633 g/mol. The number of unbranched alkanes of at least 4 members (excludes halogenated alkanes) is 14. The highest BCUT2D eigenvalue weighted by Gasteiger charge is 2.28. The molecule has 0 aliphatic carbocycles. The van der Waals surface area contributed by atoms with Crippen LogP contribution in [0.2, 0.25) is 0 Å². The van der Waals surface area contributed by atoms with Gasteiger partial charge in [-0.2, -0.15) is 0 Å². The highest BCUT2D eigenvalue weighted by atomic mass is 32.2. The first-order valence-corrected chi connectivity index (χ1v) is 19.0. The molecular formula is C33H64N2O7S. The van der Waals surface area contributed by atoms with E-state index in [-0.39, 0.29) is 30.6 Å². The van der Waals surface area contributed by atoms with E-state index in [9.17, 15) is 18.0 Å². The smallest absolute Gasteiger partial charge is 0.410 e. The fourth-order valence-corrected chi connectivity index (χ4v) is 6.25. The molecule has 2 fully saturated rings. The molecule has 0 unspecified atom stereocenters. The van der Waals surface area contributed by atoms with Gasteiger partial charge in [0.2, 0.25) is 0 Å². The molecule has 0 bridgehead atoms. The third kappa shape index (κ3) is 23.6. The minimum Gasteiger partial charge on any atom is -0.464 e. The van der Waals surface area contributed by atoms with Crippen molar-refractivity contribution < 1.29 is 32.2 Å². The lowest BCUT2D eigenvalue weighted by atomic mass is 10.0. The van der Waals surface area contributed by atoms with Crippen molar-refractivity contribution in [3.05, 3.63) is 0 Å². The third-order valence-electron chi connectivity index (χ3n) is 7.75. The van der Waals surface area contributed by atoms with Crippen LogP contribution in [0.4, 0.5) is 4.79 Å². The number of ether oxygens (including phenoxy) is 3. The van der Waals surface area contributed by atoms with Gasteiger partial charge in [-0.3, -0.25) is 9.69 Å². The predicted molar refractivity (Wildman–Crippen MR) is 174 cm³/mol. The molecule has 43 heavy (non-hydrogen) atoms. The Labute approximate surface area is 263 Å². The Bertz CT molecular complexity index is 810. The summed E-state index contributed by atoms with van der Waals surface area (Å²) in [6.07, 6.45) is 20.4. The summed E-state index contributed by atoms with van der Waals surface area (Å²) in [5.41, 5.74) is -0.534. The highest BCUT2D eigenvalue weighted by molar-refractivity contribution is 7.91. The Morgan fingerprint density at radius 3 is 1.65 bits per heavy atom. The SMILES string of the molecule is CC(C)(C)OC(=O)N1CCS(=O)(=O)CC1.CCCCCCCCCCCCCCCCCC(=O)OCCN1CCOCC1. The summed E-state index contributed by atoms with van der Waals surface area (Å²) in [6, 6.07) is 0. The number of carbonyl (C=O) groups excluding carboxylic acids is 2. The maximum atomic E-state index is 11.8. The van der Waals surface area contributed by atoms with Crippen LogP contribution in [0, 0.1) is 0 Å². The van der Waals surface area contributed by atoms with Gasteiger partial charge in [-0.25, -0.2) is 13.2 Å². The molecule has 2 saturated heterocycles. The van der Waals surface area contributed by atoms with Gasteiger partial charge in [0.15, 0.2) is 9.84 Å². The first-order valence-electron chi connectivity index (χ1n) is 17.2. The molecule has 0 aromatic rings. The molecule has 0 spiro atoms. The Morgan fingerprint density at radius 1 is 0.721 bits per heavy atom. The van der Waals surface area contributed by atoms with Gasteiger partial charge in [0.25, 0.3) is 0 Å². The molecule has 2 aliphatic heterocycles. The summed E-state index contributed by atoms with van der Waals surface area (Å²) in [6.45, 7) is 13.0. The lowest BCUT2D eigenvalue weighted by Crippen LogP contribution is -2.45. The molecule has 2 heterocycles. The van der Waals surface area contributed by atoms with Crippen LogP contribution in [0.1, 0.15) is 130 Å². The second kappa shape index (κ2) is 23.9. The van der Waals surface area contributed by atoms with E-state index in [0.717, 1.165) is 45.7 Å². The zero-order chi connectivity index (χ0) is 31.8. The summed E-state index contributed by atoms with van der Waals surface area (Å²) in [7, 11) is -2.94. The van der Waals surface area contributed by atoms with E-state index in [1.807, 2.05) is 0 Å². The fraction of sp³-hybridized carbons (Fsp3) is 0.939. The van der Waals surface area contributed by atoms with Gasteiger partial charge in [0.05, 0.1) is 24.7 Å². The fourth-order valence-electron chi connectivity index (χ4n) is 5.05. The monoisotopic (exact) mass is 632 g/mol. The van der Waals surface area contributed by atoms with Crippen LogP contribution in [0.3, 0.4) is 0 Å². The Hall–Kier alpha value is -1.39. The summed E-state index contributed by atoms with van der Waals surface area (Å²) < 4.78 is 38.0. The summed E-state index contributed by atoms with van der Waals surface area (Å²) in [5.74, 6) is 0.0429. The molecule has 0 radical (unpaired) electrons. The minimum absolute atomic E-state index is 0.0250. The standard InChI is InChI=1S/C24H47NO3.C9H17NO4S/c1-2-3-4-5-6-7-8-9-10-11-12-13-14-15-16-17-24(26)28-23-20-25-18-21-27-22-19-25;1-9(2,3)14-8(11)10-4-6-15(12,13)7-5-10/h2-23H2,1H3;4-7H2,1-3H3. The first-order chi connectivity index (χ1) is 20.5. The summed E-state index contributed by atoms with van der Waals surface area (Å²) in [5, 5.41) is 0. The molecule has 10 heteroatoms. The number of nitrogens with zero attached hydrogens (tertiary/aromatic N) is 2. The number of sulfone groups is 1. The van der Waals surface area contributed by atoms with Gasteiger partial charge < -0.3 is 19.1 Å². The predicted octanol–water partition coefficient (Wildman–Crippen LogP) is 6.78. The Balaban J connectivity index is 0.000000517. The molecular weight excluding hydrogens is 568 g/mol. The van der Waals surface area contributed by atoms with Crippen molar-refractivity contribution in [3.63, 3.8) is 0 Å². The van der Waals surface area contributed by atoms with Crippen LogP contribution in [-0.4, -0.2) is 99.9 Å². The largest absolute Gasteiger partial charge is 0.464 e. The van der Waals surface area contributed by atoms with Gasteiger partial charge >= 0.3 is 12.1 Å². The molecule has 2 aliphatic rings. The van der Waals surface area contributed by atoms with Gasteiger partial charge in [0.1, 0.15) is 12.2 Å². The maximum Gasteiger partial charge on any atom is 0.410 e. The van der Waals surface area contributed by atoms with Gasteiger partial charge in [-0.1, -0.05) is 96.8 Å². The first kappa shape index (κ1) is 39.6. The quantitative estimate of drug-likeness (QED) is 0.114. The van der Waals surface area contributed by atoms with E-state index in [1.54, 1.807) is 20.8 Å². The number of amides is 1. The Kier molecular flexibility index (Phi) is 22.0. The van der Waals surface area contributed by atoms with Crippen LogP contribution >= 0.6 is 0 Å². The number of morpholine rings is 1. The van der Waals surface area contributed by atoms with Crippen LogP contribution in [0.15, 0.2) is 0 Å². The van der Waals surface area contributed by atoms with Gasteiger partial charge in [0, 0.05) is 39.1 Å². The van der Waals surface area contributed by atoms with Crippen molar-refractivity contribution in [1.29, 1.82) is 0 Å². The molecule has 1 amide bonds. The number of carbonyl (C=O) groups is 2. The lowest BCUT2D eigenvalue weighted by molar-refractivity contribution is -0.144.